The van der Waals surface area contributed by atoms with Crippen LogP contribution in [0.3, 0.4) is 0 Å². The zero-order valence-electron chi connectivity index (χ0n) is 17.8. The molecule has 2 saturated heterocycles. The van der Waals surface area contributed by atoms with E-state index in [1.54, 1.807) is 4.90 Å². The molecule has 0 saturated carbocycles. The van der Waals surface area contributed by atoms with Crippen LogP contribution in [0.2, 0.25) is 0 Å². The van der Waals surface area contributed by atoms with Crippen molar-refractivity contribution in [2.24, 2.45) is 0 Å². The summed E-state index contributed by atoms with van der Waals surface area (Å²) in [5, 5.41) is 2.64. The smallest absolute Gasteiger partial charge is 0.228 e. The second-order valence-corrected chi connectivity index (χ2v) is 9.34. The highest BCUT2D eigenvalue weighted by Crippen LogP contribution is 2.25. The zero-order chi connectivity index (χ0) is 21.1. The molecule has 2 aromatic rings. The van der Waals surface area contributed by atoms with Gasteiger partial charge in [0.2, 0.25) is 11.8 Å². The van der Waals surface area contributed by atoms with Crippen molar-refractivity contribution < 1.29 is 9.59 Å². The lowest BCUT2D eigenvalue weighted by Crippen LogP contribution is -2.48. The van der Waals surface area contributed by atoms with Crippen molar-refractivity contribution in [3.8, 4) is 0 Å². The first-order chi connectivity index (χ1) is 14.5. The van der Waals surface area contributed by atoms with E-state index >= 15 is 0 Å². The average Bonchev–Trinajstić information content (AvgIpc) is 3.37. The van der Waals surface area contributed by atoms with Gasteiger partial charge in [0.25, 0.3) is 0 Å². The Morgan fingerprint density at radius 3 is 2.47 bits per heavy atom. The number of aromatic nitrogens is 1. The van der Waals surface area contributed by atoms with Crippen LogP contribution >= 0.6 is 11.3 Å². The Morgan fingerprint density at radius 1 is 1.10 bits per heavy atom. The minimum atomic E-state index is 0.125. The first-order valence-corrected chi connectivity index (χ1v) is 11.7. The molecule has 0 bridgehead atoms. The van der Waals surface area contributed by atoms with Gasteiger partial charge in [-0.05, 0) is 23.5 Å². The number of hydrogen-bond donors (Lipinski definition) is 0. The summed E-state index contributed by atoms with van der Waals surface area (Å²) < 4.78 is 0. The second kappa shape index (κ2) is 9.27. The van der Waals surface area contributed by atoms with Crippen LogP contribution in [0.4, 0.5) is 5.13 Å². The summed E-state index contributed by atoms with van der Waals surface area (Å²) in [5.41, 5.74) is 3.46. The summed E-state index contributed by atoms with van der Waals surface area (Å²) >= 11 is 1.46. The van der Waals surface area contributed by atoms with Crippen molar-refractivity contribution in [2.75, 3.05) is 37.6 Å². The van der Waals surface area contributed by atoms with Gasteiger partial charge in [-0.1, -0.05) is 38.1 Å². The van der Waals surface area contributed by atoms with Gasteiger partial charge >= 0.3 is 0 Å². The maximum absolute atomic E-state index is 12.7. The molecule has 6 nitrogen and oxygen atoms in total. The minimum absolute atomic E-state index is 0.125. The maximum atomic E-state index is 12.7. The molecule has 1 aromatic carbocycles. The molecule has 0 unspecified atom stereocenters. The molecule has 2 amide bonds. The van der Waals surface area contributed by atoms with Gasteiger partial charge in [0.15, 0.2) is 5.13 Å². The van der Waals surface area contributed by atoms with E-state index in [-0.39, 0.29) is 11.8 Å². The molecule has 4 rings (SSSR count). The number of carbonyl (C=O) groups excluding carboxylic acids is 2. The van der Waals surface area contributed by atoms with Crippen LogP contribution in [0.15, 0.2) is 29.6 Å². The highest BCUT2D eigenvalue weighted by molar-refractivity contribution is 7.14. The normalized spacial score (nSPS) is 17.9. The standard InChI is InChI=1S/C23H30N4O2S/c1-17(2)19-7-5-18(6-8-19)15-25-10-12-26(13-11-25)22(29)14-20-16-30-23(24-20)27-9-3-4-21(27)28/h5-8,16-17H,3-4,9-15H2,1-2H3. The first kappa shape index (κ1) is 21.0. The molecule has 0 spiro atoms. The first-order valence-electron chi connectivity index (χ1n) is 10.8. The molecular formula is C23H30N4O2S. The van der Waals surface area contributed by atoms with E-state index in [4.69, 9.17) is 0 Å². The minimum Gasteiger partial charge on any atom is -0.340 e. The Kier molecular flexibility index (Phi) is 6.49. The topological polar surface area (TPSA) is 56.8 Å². The number of nitrogens with zero attached hydrogens (tertiary/aromatic N) is 4. The highest BCUT2D eigenvalue weighted by Gasteiger charge is 2.26. The number of carbonyl (C=O) groups is 2. The molecule has 160 valence electrons. The summed E-state index contributed by atoms with van der Waals surface area (Å²) in [6.07, 6.45) is 1.80. The van der Waals surface area contributed by atoms with E-state index in [0.29, 0.717) is 18.8 Å². The van der Waals surface area contributed by atoms with Crippen LogP contribution in [-0.2, 0) is 22.6 Å². The molecule has 7 heteroatoms. The van der Waals surface area contributed by atoms with Crippen molar-refractivity contribution in [1.29, 1.82) is 0 Å². The zero-order valence-corrected chi connectivity index (χ0v) is 18.7. The molecule has 0 radical (unpaired) electrons. The summed E-state index contributed by atoms with van der Waals surface area (Å²) in [5.74, 6) is 0.816. The number of thiazole rings is 1. The number of rotatable bonds is 6. The molecular weight excluding hydrogens is 396 g/mol. The van der Waals surface area contributed by atoms with E-state index in [1.807, 2.05) is 10.3 Å². The Hall–Kier alpha value is -2.25. The van der Waals surface area contributed by atoms with Gasteiger partial charge in [0.1, 0.15) is 0 Å². The van der Waals surface area contributed by atoms with Crippen LogP contribution < -0.4 is 4.90 Å². The summed E-state index contributed by atoms with van der Waals surface area (Å²) in [6.45, 7) is 9.38. The van der Waals surface area contributed by atoms with Gasteiger partial charge in [-0.2, -0.15) is 0 Å². The lowest BCUT2D eigenvalue weighted by molar-refractivity contribution is -0.132. The van der Waals surface area contributed by atoms with Gasteiger partial charge in [-0.15, -0.1) is 11.3 Å². The van der Waals surface area contributed by atoms with Crippen LogP contribution in [0, 0.1) is 0 Å². The fourth-order valence-corrected chi connectivity index (χ4v) is 4.91. The number of amides is 2. The van der Waals surface area contributed by atoms with Crippen molar-refractivity contribution in [3.05, 3.63) is 46.5 Å². The van der Waals surface area contributed by atoms with Gasteiger partial charge < -0.3 is 4.90 Å². The van der Waals surface area contributed by atoms with Crippen molar-refractivity contribution in [3.63, 3.8) is 0 Å². The van der Waals surface area contributed by atoms with Crippen molar-refractivity contribution in [2.45, 2.75) is 45.6 Å². The van der Waals surface area contributed by atoms with E-state index in [1.165, 1.54) is 22.5 Å². The molecule has 0 aliphatic carbocycles. The van der Waals surface area contributed by atoms with E-state index in [2.05, 4.69) is 48.0 Å². The van der Waals surface area contributed by atoms with Gasteiger partial charge in [0.05, 0.1) is 12.1 Å². The third kappa shape index (κ3) is 4.90. The highest BCUT2D eigenvalue weighted by atomic mass is 32.1. The number of anilines is 1. The average molecular weight is 427 g/mol. The largest absolute Gasteiger partial charge is 0.340 e. The fraction of sp³-hybridized carbons (Fsp3) is 0.522. The monoisotopic (exact) mass is 426 g/mol. The summed E-state index contributed by atoms with van der Waals surface area (Å²) in [7, 11) is 0. The van der Waals surface area contributed by atoms with Gasteiger partial charge in [-0.25, -0.2) is 4.98 Å². The maximum Gasteiger partial charge on any atom is 0.228 e. The van der Waals surface area contributed by atoms with Crippen LogP contribution in [0.25, 0.3) is 0 Å². The van der Waals surface area contributed by atoms with Crippen LogP contribution in [0.1, 0.15) is 49.4 Å². The van der Waals surface area contributed by atoms with E-state index in [0.717, 1.165) is 56.5 Å². The summed E-state index contributed by atoms with van der Waals surface area (Å²) in [6, 6.07) is 8.88. The van der Waals surface area contributed by atoms with E-state index < -0.39 is 0 Å². The Morgan fingerprint density at radius 2 is 1.83 bits per heavy atom. The third-order valence-corrected chi connectivity index (χ3v) is 6.87. The number of piperazine rings is 1. The predicted octanol–water partition coefficient (Wildman–Crippen LogP) is 3.28. The summed E-state index contributed by atoms with van der Waals surface area (Å²) in [4.78, 5) is 35.2. The van der Waals surface area contributed by atoms with Gasteiger partial charge in [-0.3, -0.25) is 19.4 Å². The van der Waals surface area contributed by atoms with E-state index in [9.17, 15) is 9.59 Å². The Bertz CT molecular complexity index is 885. The molecule has 30 heavy (non-hydrogen) atoms. The third-order valence-electron chi connectivity index (χ3n) is 5.95. The molecule has 0 atom stereocenters. The molecule has 0 N–H and O–H groups in total. The van der Waals surface area contributed by atoms with Crippen molar-refractivity contribution in [1.82, 2.24) is 14.8 Å². The molecule has 2 aliphatic heterocycles. The molecule has 2 aliphatic rings. The van der Waals surface area contributed by atoms with Crippen molar-refractivity contribution >= 4 is 28.3 Å². The predicted molar refractivity (Wildman–Crippen MR) is 120 cm³/mol. The van der Waals surface area contributed by atoms with Crippen LogP contribution in [0.5, 0.6) is 0 Å². The number of benzene rings is 1. The Balaban J connectivity index is 1.25. The molecule has 3 heterocycles. The molecule has 2 fully saturated rings. The number of hydrogen-bond acceptors (Lipinski definition) is 5. The SMILES string of the molecule is CC(C)c1ccc(CN2CCN(C(=O)Cc3csc(N4CCCC4=O)n3)CC2)cc1. The fourth-order valence-electron chi connectivity index (χ4n) is 4.04. The van der Waals surface area contributed by atoms with Crippen LogP contribution in [-0.4, -0.2) is 59.3 Å². The lowest BCUT2D eigenvalue weighted by Gasteiger charge is -2.34. The molecule has 1 aromatic heterocycles. The Labute approximate surface area is 182 Å². The quantitative estimate of drug-likeness (QED) is 0.711. The lowest BCUT2D eigenvalue weighted by atomic mass is 10.0. The van der Waals surface area contributed by atoms with Gasteiger partial charge in [0, 0.05) is 51.1 Å². The second-order valence-electron chi connectivity index (χ2n) is 8.50.